The van der Waals surface area contributed by atoms with Crippen molar-refractivity contribution in [1.82, 2.24) is 20.4 Å². The lowest BCUT2D eigenvalue weighted by Crippen LogP contribution is -2.49. The van der Waals surface area contributed by atoms with Crippen LogP contribution in [0.2, 0.25) is 0 Å². The van der Waals surface area contributed by atoms with Crippen LogP contribution in [0.4, 0.5) is 0 Å². The lowest BCUT2D eigenvalue weighted by Gasteiger charge is -2.32. The summed E-state index contributed by atoms with van der Waals surface area (Å²) < 4.78 is 0. The van der Waals surface area contributed by atoms with Crippen LogP contribution in [0.1, 0.15) is 45.4 Å². The van der Waals surface area contributed by atoms with Crippen molar-refractivity contribution in [2.45, 2.75) is 51.5 Å². The van der Waals surface area contributed by atoms with Gasteiger partial charge >= 0.3 is 0 Å². The van der Waals surface area contributed by atoms with E-state index < -0.39 is 6.04 Å². The first-order valence-electron chi connectivity index (χ1n) is 9.52. The van der Waals surface area contributed by atoms with Gasteiger partial charge in [0.05, 0.1) is 0 Å². The number of nitrogens with one attached hydrogen (secondary N) is 2. The predicted molar refractivity (Wildman–Crippen MR) is 95.7 cm³/mol. The summed E-state index contributed by atoms with van der Waals surface area (Å²) in [5.41, 5.74) is 0. The van der Waals surface area contributed by atoms with Gasteiger partial charge in [-0.3, -0.25) is 14.5 Å². The number of carbonyl (C=O) groups is 2. The molecule has 2 fully saturated rings. The molecule has 138 valence electrons. The van der Waals surface area contributed by atoms with Crippen LogP contribution in [0, 0.1) is 5.92 Å². The zero-order valence-electron chi connectivity index (χ0n) is 15.4. The number of carbonyl (C=O) groups excluding carboxylic acids is 2. The predicted octanol–water partition coefficient (Wildman–Crippen LogP) is 0.825. The van der Waals surface area contributed by atoms with Crippen LogP contribution < -0.4 is 10.6 Å². The van der Waals surface area contributed by atoms with E-state index in [1.807, 2.05) is 0 Å². The molecule has 2 rings (SSSR count). The number of amides is 2. The van der Waals surface area contributed by atoms with E-state index in [1.165, 1.54) is 19.3 Å². The Morgan fingerprint density at radius 1 is 1.08 bits per heavy atom. The van der Waals surface area contributed by atoms with Crippen molar-refractivity contribution in [3.8, 4) is 0 Å². The lowest BCUT2D eigenvalue weighted by molar-refractivity contribution is -0.129. The maximum absolute atomic E-state index is 12.1. The minimum atomic E-state index is -0.450. The van der Waals surface area contributed by atoms with E-state index in [9.17, 15) is 9.59 Å². The minimum absolute atomic E-state index is 0.0172. The van der Waals surface area contributed by atoms with Gasteiger partial charge in [-0.2, -0.15) is 0 Å². The molecule has 0 aromatic rings. The van der Waals surface area contributed by atoms with Crippen LogP contribution in [0.25, 0.3) is 0 Å². The molecule has 0 unspecified atom stereocenters. The number of hydrogen-bond donors (Lipinski definition) is 2. The molecule has 6 nitrogen and oxygen atoms in total. The molecule has 1 aliphatic heterocycles. The molecule has 0 aromatic carbocycles. The normalized spacial score (nSPS) is 22.1. The highest BCUT2D eigenvalue weighted by atomic mass is 16.2. The van der Waals surface area contributed by atoms with Crippen LogP contribution in [0.15, 0.2) is 0 Å². The van der Waals surface area contributed by atoms with Gasteiger partial charge in [0.2, 0.25) is 11.8 Å². The van der Waals surface area contributed by atoms with E-state index in [-0.39, 0.29) is 11.8 Å². The second-order valence-corrected chi connectivity index (χ2v) is 7.43. The Balaban J connectivity index is 1.58. The first-order valence-corrected chi connectivity index (χ1v) is 9.52. The van der Waals surface area contributed by atoms with Crippen LogP contribution >= 0.6 is 0 Å². The molecule has 1 saturated carbocycles. The Morgan fingerprint density at radius 2 is 1.75 bits per heavy atom. The lowest BCUT2D eigenvalue weighted by atomic mass is 9.87. The molecule has 1 aliphatic carbocycles. The Hall–Kier alpha value is -1.14. The third kappa shape index (κ3) is 6.77. The summed E-state index contributed by atoms with van der Waals surface area (Å²) in [4.78, 5) is 28.9. The SMILES string of the molecule is C[C@@H](NC(=O)CC1CCCCC1)C(=O)NCCN1CCN(C)CC1. The average molecular weight is 338 g/mol. The Labute approximate surface area is 146 Å². The maximum atomic E-state index is 12.1. The molecule has 1 heterocycles. The summed E-state index contributed by atoms with van der Waals surface area (Å²) in [5.74, 6) is 0.441. The average Bonchev–Trinajstić information content (AvgIpc) is 2.57. The molecule has 24 heavy (non-hydrogen) atoms. The quantitative estimate of drug-likeness (QED) is 0.721. The summed E-state index contributed by atoms with van der Waals surface area (Å²) in [6, 6.07) is -0.450. The second kappa shape index (κ2) is 9.99. The topological polar surface area (TPSA) is 64.7 Å². The fraction of sp³-hybridized carbons (Fsp3) is 0.889. The Morgan fingerprint density at radius 3 is 2.42 bits per heavy atom. The van der Waals surface area contributed by atoms with E-state index in [2.05, 4.69) is 27.5 Å². The molecule has 1 atom stereocenters. The Bertz CT molecular complexity index is 402. The van der Waals surface area contributed by atoms with Gasteiger partial charge in [-0.1, -0.05) is 19.3 Å². The second-order valence-electron chi connectivity index (χ2n) is 7.43. The number of hydrogen-bond acceptors (Lipinski definition) is 4. The summed E-state index contributed by atoms with van der Waals surface area (Å²) in [7, 11) is 2.14. The molecule has 2 amide bonds. The fourth-order valence-corrected chi connectivity index (χ4v) is 3.58. The van der Waals surface area contributed by atoms with Crippen molar-refractivity contribution in [1.29, 1.82) is 0 Å². The van der Waals surface area contributed by atoms with Crippen molar-refractivity contribution in [3.05, 3.63) is 0 Å². The molecule has 0 aromatic heterocycles. The maximum Gasteiger partial charge on any atom is 0.242 e. The van der Waals surface area contributed by atoms with Crippen molar-refractivity contribution in [3.63, 3.8) is 0 Å². The zero-order chi connectivity index (χ0) is 17.4. The van der Waals surface area contributed by atoms with E-state index >= 15 is 0 Å². The number of piperazine rings is 1. The first kappa shape index (κ1) is 19.2. The van der Waals surface area contributed by atoms with Gasteiger partial charge in [0, 0.05) is 45.7 Å². The first-order chi connectivity index (χ1) is 11.5. The third-order valence-electron chi connectivity index (χ3n) is 5.29. The molecule has 6 heteroatoms. The smallest absolute Gasteiger partial charge is 0.242 e. The third-order valence-corrected chi connectivity index (χ3v) is 5.29. The van der Waals surface area contributed by atoms with Crippen LogP contribution in [0.5, 0.6) is 0 Å². The summed E-state index contributed by atoms with van der Waals surface area (Å²) in [6.45, 7) is 7.57. The summed E-state index contributed by atoms with van der Waals surface area (Å²) in [5, 5.41) is 5.79. The molecule has 2 N–H and O–H groups in total. The molecule has 2 aliphatic rings. The van der Waals surface area contributed by atoms with Crippen molar-refractivity contribution in [2.24, 2.45) is 5.92 Å². The number of nitrogens with zero attached hydrogens (tertiary/aromatic N) is 2. The highest BCUT2D eigenvalue weighted by Gasteiger charge is 2.20. The summed E-state index contributed by atoms with van der Waals surface area (Å²) >= 11 is 0. The fourth-order valence-electron chi connectivity index (χ4n) is 3.58. The van der Waals surface area contributed by atoms with E-state index in [0.717, 1.165) is 45.6 Å². The van der Waals surface area contributed by atoms with Crippen LogP contribution in [-0.4, -0.2) is 74.0 Å². The molecule has 0 radical (unpaired) electrons. The van der Waals surface area contributed by atoms with Crippen LogP contribution in [-0.2, 0) is 9.59 Å². The van der Waals surface area contributed by atoms with Gasteiger partial charge in [-0.05, 0) is 32.7 Å². The monoisotopic (exact) mass is 338 g/mol. The summed E-state index contributed by atoms with van der Waals surface area (Å²) in [6.07, 6.45) is 6.64. The highest BCUT2D eigenvalue weighted by molar-refractivity contribution is 5.87. The van der Waals surface area contributed by atoms with Gasteiger partial charge < -0.3 is 15.5 Å². The minimum Gasteiger partial charge on any atom is -0.353 e. The van der Waals surface area contributed by atoms with Gasteiger partial charge in [0.1, 0.15) is 6.04 Å². The molecular formula is C18H34N4O2. The van der Waals surface area contributed by atoms with E-state index in [1.54, 1.807) is 6.92 Å². The highest BCUT2D eigenvalue weighted by Crippen LogP contribution is 2.26. The standard InChI is InChI=1S/C18H34N4O2/c1-15(20-17(23)14-16-6-4-3-5-7-16)18(24)19-8-9-22-12-10-21(2)11-13-22/h15-16H,3-14H2,1-2H3,(H,19,24)(H,20,23)/t15-/m1/s1. The van der Waals surface area contributed by atoms with Crippen molar-refractivity contribution < 1.29 is 9.59 Å². The molecular weight excluding hydrogens is 304 g/mol. The molecule has 0 bridgehead atoms. The molecule has 0 spiro atoms. The van der Waals surface area contributed by atoms with Crippen molar-refractivity contribution in [2.75, 3.05) is 46.3 Å². The van der Waals surface area contributed by atoms with Crippen molar-refractivity contribution >= 4 is 11.8 Å². The number of likely N-dealkylation sites (N-methyl/N-ethyl adjacent to an activating group) is 1. The van der Waals surface area contributed by atoms with E-state index in [0.29, 0.717) is 18.9 Å². The van der Waals surface area contributed by atoms with Gasteiger partial charge in [0.25, 0.3) is 0 Å². The van der Waals surface area contributed by atoms with Gasteiger partial charge in [-0.25, -0.2) is 0 Å². The van der Waals surface area contributed by atoms with Crippen LogP contribution in [0.3, 0.4) is 0 Å². The largest absolute Gasteiger partial charge is 0.353 e. The zero-order valence-corrected chi connectivity index (χ0v) is 15.4. The molecule has 1 saturated heterocycles. The van der Waals surface area contributed by atoms with Gasteiger partial charge in [-0.15, -0.1) is 0 Å². The Kier molecular flexibility index (Phi) is 7.99. The van der Waals surface area contributed by atoms with E-state index in [4.69, 9.17) is 0 Å². The number of rotatable bonds is 7. The van der Waals surface area contributed by atoms with Gasteiger partial charge in [0.15, 0.2) is 0 Å².